The van der Waals surface area contributed by atoms with Gasteiger partial charge in [-0.3, -0.25) is 0 Å². The van der Waals surface area contributed by atoms with Crippen LogP contribution in [0.1, 0.15) is 96.5 Å². The lowest BCUT2D eigenvalue weighted by molar-refractivity contribution is -0.167. The normalized spacial score (nSPS) is 38.6. The molecular weight excluding hydrogens is 580 g/mol. The largest absolute Gasteiger partial charge is 0.378 e. The molecule has 6 heteroatoms. The van der Waals surface area contributed by atoms with Crippen LogP contribution in [-0.2, 0) is 19.8 Å². The van der Waals surface area contributed by atoms with Crippen molar-refractivity contribution in [2.75, 3.05) is 65.7 Å². The average molecular weight is 639 g/mol. The Morgan fingerprint density at radius 3 is 2.18 bits per heavy atom. The monoisotopic (exact) mass is 638 g/mol. The minimum absolute atomic E-state index is 0.152. The molecule has 4 aliphatic carbocycles. The molecule has 2 aliphatic heterocycles. The number of benzene rings is 1. The molecule has 2 heterocycles. The topological polar surface area (TPSA) is 34.2 Å². The molecule has 3 saturated carbocycles. The van der Waals surface area contributed by atoms with Crippen LogP contribution in [0, 0.1) is 28.6 Å². The maximum Gasteiger partial charge on any atom is 0.0988 e. The summed E-state index contributed by atoms with van der Waals surface area (Å²) in [4.78, 5) is 5.11. The predicted molar refractivity (Wildman–Crippen MR) is 183 cm³/mol. The lowest BCUT2D eigenvalue weighted by Crippen LogP contribution is -2.55. The summed E-state index contributed by atoms with van der Waals surface area (Å²) in [6.45, 7) is 15.4. The van der Waals surface area contributed by atoms with Crippen LogP contribution < -0.4 is 0 Å². The maximum absolute atomic E-state index is 7.24. The van der Waals surface area contributed by atoms with Crippen molar-refractivity contribution >= 4 is 11.6 Å². The van der Waals surface area contributed by atoms with Gasteiger partial charge in [-0.2, -0.15) is 0 Å². The second-order valence-corrected chi connectivity index (χ2v) is 16.3. The standard InChI is InChI=1S/C39H59ClN2O3/c1-37-16-13-33(44-28-27-43-25-23-41-19-3-4-20-41)29-31(37)9-12-34-35(37)14-17-38(2)36(34)15-18-39(38,30-7-10-32(40)11-8-30)45-26-24-42-21-5-6-22-42/h7-8,10-11,29,33-36H,3-6,9,12-28H2,1-2H3/t33-,34+,35-,36-,37-,38-,39+/m0/s1. The number of ether oxygens (including phenoxy) is 3. The average Bonchev–Trinajstić information content (AvgIpc) is 3.81. The maximum atomic E-state index is 7.24. The Kier molecular flexibility index (Phi) is 10.1. The van der Waals surface area contributed by atoms with Gasteiger partial charge in [0.05, 0.1) is 38.1 Å². The van der Waals surface area contributed by atoms with Crippen LogP contribution in [0.4, 0.5) is 0 Å². The molecule has 0 amide bonds. The summed E-state index contributed by atoms with van der Waals surface area (Å²) in [5, 5.41) is 0.818. The minimum atomic E-state index is -0.216. The van der Waals surface area contributed by atoms with Crippen molar-refractivity contribution in [3.05, 3.63) is 46.5 Å². The molecule has 0 radical (unpaired) electrons. The lowest BCUT2D eigenvalue weighted by Gasteiger charge is -2.60. The van der Waals surface area contributed by atoms with Gasteiger partial charge in [-0.05, 0) is 144 Å². The highest BCUT2D eigenvalue weighted by Gasteiger charge is 2.65. The van der Waals surface area contributed by atoms with Crippen molar-refractivity contribution < 1.29 is 14.2 Å². The smallest absolute Gasteiger partial charge is 0.0988 e. The predicted octanol–water partition coefficient (Wildman–Crippen LogP) is 8.11. The zero-order valence-electron chi connectivity index (χ0n) is 28.2. The Morgan fingerprint density at radius 2 is 1.44 bits per heavy atom. The third-order valence-corrected chi connectivity index (χ3v) is 14.0. The number of fused-ring (bicyclic) bond motifs is 5. The Balaban J connectivity index is 1.00. The first-order valence-electron chi connectivity index (χ1n) is 18.7. The van der Waals surface area contributed by atoms with E-state index in [2.05, 4.69) is 54.0 Å². The molecule has 1 aromatic rings. The van der Waals surface area contributed by atoms with Crippen molar-refractivity contribution in [1.82, 2.24) is 9.80 Å². The van der Waals surface area contributed by atoms with E-state index in [9.17, 15) is 0 Å². The summed E-state index contributed by atoms with van der Waals surface area (Å²) >= 11 is 6.41. The van der Waals surface area contributed by atoms with E-state index >= 15 is 0 Å². The van der Waals surface area contributed by atoms with E-state index in [1.807, 2.05) is 0 Å². The van der Waals surface area contributed by atoms with Gasteiger partial charge in [0.25, 0.3) is 0 Å². The number of hydrogen-bond donors (Lipinski definition) is 0. The van der Waals surface area contributed by atoms with Crippen LogP contribution >= 0.6 is 11.6 Å². The molecule has 2 saturated heterocycles. The highest BCUT2D eigenvalue weighted by atomic mass is 35.5. The molecule has 250 valence electrons. The molecule has 5 fully saturated rings. The molecule has 7 atom stereocenters. The first kappa shape index (κ1) is 32.6. The Morgan fingerprint density at radius 1 is 0.756 bits per heavy atom. The number of halogens is 1. The fraction of sp³-hybridized carbons (Fsp3) is 0.795. The summed E-state index contributed by atoms with van der Waals surface area (Å²) in [6, 6.07) is 8.73. The second-order valence-electron chi connectivity index (χ2n) is 15.9. The molecule has 0 unspecified atom stereocenters. The quantitative estimate of drug-likeness (QED) is 0.171. The number of allylic oxidation sites excluding steroid dienone is 1. The van der Waals surface area contributed by atoms with E-state index in [1.165, 1.54) is 96.0 Å². The van der Waals surface area contributed by atoms with Crippen LogP contribution in [0.3, 0.4) is 0 Å². The number of nitrogens with zero attached hydrogens (tertiary/aromatic N) is 2. The number of hydrogen-bond acceptors (Lipinski definition) is 5. The van der Waals surface area contributed by atoms with E-state index in [1.54, 1.807) is 5.57 Å². The summed E-state index contributed by atoms with van der Waals surface area (Å²) in [6.07, 6.45) is 18.1. The highest BCUT2D eigenvalue weighted by molar-refractivity contribution is 6.30. The van der Waals surface area contributed by atoms with Crippen LogP contribution in [-0.4, -0.2) is 81.6 Å². The molecule has 0 spiro atoms. The molecule has 5 nitrogen and oxygen atoms in total. The molecule has 45 heavy (non-hydrogen) atoms. The molecule has 0 aromatic heterocycles. The number of rotatable bonds is 12. The zero-order chi connectivity index (χ0) is 30.9. The van der Waals surface area contributed by atoms with Gasteiger partial charge < -0.3 is 24.0 Å². The fourth-order valence-corrected chi connectivity index (χ4v) is 11.4. The molecule has 0 N–H and O–H groups in total. The first-order chi connectivity index (χ1) is 21.9. The van der Waals surface area contributed by atoms with Gasteiger partial charge in [-0.25, -0.2) is 0 Å². The lowest BCUT2D eigenvalue weighted by atomic mass is 9.46. The Labute approximate surface area is 278 Å². The summed E-state index contributed by atoms with van der Waals surface area (Å²) in [5.74, 6) is 2.27. The summed E-state index contributed by atoms with van der Waals surface area (Å²) in [7, 11) is 0. The SMILES string of the molecule is C[C@]12CC[C@H](OCCOCCN3CCCC3)C=C1CC[C@@H]1[C@@H]2CC[C@@]2(C)[C@H]1CC[C@@]2(OCCN1CCCC1)c1ccc(Cl)cc1. The van der Waals surface area contributed by atoms with Gasteiger partial charge in [0, 0.05) is 23.5 Å². The van der Waals surface area contributed by atoms with Gasteiger partial charge in [-0.15, -0.1) is 0 Å². The van der Waals surface area contributed by atoms with Gasteiger partial charge in [0.2, 0.25) is 0 Å². The van der Waals surface area contributed by atoms with E-state index in [-0.39, 0.29) is 17.1 Å². The van der Waals surface area contributed by atoms with E-state index in [0.29, 0.717) is 24.5 Å². The molecule has 0 bridgehead atoms. The Bertz CT molecular complexity index is 1160. The summed E-state index contributed by atoms with van der Waals surface area (Å²) in [5.41, 5.74) is 3.31. The van der Waals surface area contributed by atoms with E-state index < -0.39 is 0 Å². The third-order valence-electron chi connectivity index (χ3n) is 13.8. The Hall–Kier alpha value is -0.950. The van der Waals surface area contributed by atoms with Crippen molar-refractivity contribution in [3.63, 3.8) is 0 Å². The van der Waals surface area contributed by atoms with Crippen molar-refractivity contribution in [3.8, 4) is 0 Å². The van der Waals surface area contributed by atoms with E-state index in [4.69, 9.17) is 25.8 Å². The van der Waals surface area contributed by atoms with Crippen LogP contribution in [0.25, 0.3) is 0 Å². The molecular formula is C39H59ClN2O3. The van der Waals surface area contributed by atoms with Gasteiger partial charge >= 0.3 is 0 Å². The minimum Gasteiger partial charge on any atom is -0.378 e. The van der Waals surface area contributed by atoms with Crippen LogP contribution in [0.15, 0.2) is 35.9 Å². The van der Waals surface area contributed by atoms with Crippen LogP contribution in [0.5, 0.6) is 0 Å². The molecule has 6 aliphatic rings. The van der Waals surface area contributed by atoms with Gasteiger partial charge in [0.1, 0.15) is 0 Å². The fourth-order valence-electron chi connectivity index (χ4n) is 11.3. The van der Waals surface area contributed by atoms with Crippen LogP contribution in [0.2, 0.25) is 5.02 Å². The van der Waals surface area contributed by atoms with Crippen molar-refractivity contribution in [2.24, 2.45) is 28.6 Å². The second kappa shape index (κ2) is 13.9. The zero-order valence-corrected chi connectivity index (χ0v) is 29.0. The summed E-state index contributed by atoms with van der Waals surface area (Å²) < 4.78 is 19.6. The van der Waals surface area contributed by atoms with Crippen molar-refractivity contribution in [2.45, 2.75) is 103 Å². The highest BCUT2D eigenvalue weighted by Crippen LogP contribution is 2.70. The number of likely N-dealkylation sites (tertiary alicyclic amines) is 2. The molecule has 1 aromatic carbocycles. The molecule has 7 rings (SSSR count). The third kappa shape index (κ3) is 6.33. The van der Waals surface area contributed by atoms with E-state index in [0.717, 1.165) is 56.0 Å². The van der Waals surface area contributed by atoms with Gasteiger partial charge in [0.15, 0.2) is 0 Å². The van der Waals surface area contributed by atoms with Gasteiger partial charge in [-0.1, -0.05) is 49.2 Å². The van der Waals surface area contributed by atoms with Crippen molar-refractivity contribution in [1.29, 1.82) is 0 Å². The first-order valence-corrected chi connectivity index (χ1v) is 19.0.